The number of benzene rings is 2. The van der Waals surface area contributed by atoms with Crippen LogP contribution in [0, 0.1) is 0 Å². The van der Waals surface area contributed by atoms with Crippen LogP contribution in [0.25, 0.3) is 10.9 Å². The predicted molar refractivity (Wildman–Crippen MR) is 103 cm³/mol. The number of ether oxygens (including phenoxy) is 1. The highest BCUT2D eigenvalue weighted by molar-refractivity contribution is 5.90. The van der Waals surface area contributed by atoms with E-state index < -0.39 is 0 Å². The zero-order valence-corrected chi connectivity index (χ0v) is 14.1. The maximum atomic E-state index is 5.17. The van der Waals surface area contributed by atoms with Crippen LogP contribution in [0.1, 0.15) is 5.56 Å². The van der Waals surface area contributed by atoms with E-state index in [0.717, 1.165) is 22.2 Å². The van der Waals surface area contributed by atoms with Gasteiger partial charge in [0.25, 0.3) is 0 Å². The summed E-state index contributed by atoms with van der Waals surface area (Å²) in [6, 6.07) is 15.7. The predicted octanol–water partition coefficient (Wildman–Crippen LogP) is 4.36. The summed E-state index contributed by atoms with van der Waals surface area (Å²) in [4.78, 5) is 9.15. The van der Waals surface area contributed by atoms with Crippen LogP contribution in [-0.2, 0) is 6.54 Å². The molecule has 0 aliphatic heterocycles. The van der Waals surface area contributed by atoms with Crippen molar-refractivity contribution < 1.29 is 4.74 Å². The smallest absolute Gasteiger partial charge is 0.225 e. The fraction of sp³-hybridized carbons (Fsp3) is 0.100. The number of aromatic nitrogens is 2. The zero-order valence-electron chi connectivity index (χ0n) is 14.1. The molecule has 0 unspecified atom stereocenters. The van der Waals surface area contributed by atoms with Crippen molar-refractivity contribution in [2.45, 2.75) is 6.54 Å². The first-order chi connectivity index (χ1) is 12.2. The van der Waals surface area contributed by atoms with Crippen LogP contribution in [0.4, 0.5) is 11.8 Å². The summed E-state index contributed by atoms with van der Waals surface area (Å²) < 4.78 is 5.17. The highest BCUT2D eigenvalue weighted by Crippen LogP contribution is 2.23. The van der Waals surface area contributed by atoms with E-state index in [1.807, 2.05) is 48.5 Å². The SMILES string of the molecule is C=CC(=C)Nc1nc(NCc2ccc(OC)cc2)nc2ccccc12. The van der Waals surface area contributed by atoms with E-state index in [0.29, 0.717) is 24.0 Å². The van der Waals surface area contributed by atoms with Gasteiger partial charge >= 0.3 is 0 Å². The minimum atomic E-state index is 0.550. The number of para-hydroxylation sites is 1. The second kappa shape index (κ2) is 7.49. The van der Waals surface area contributed by atoms with Gasteiger partial charge in [0.05, 0.1) is 12.6 Å². The molecule has 5 nitrogen and oxygen atoms in total. The van der Waals surface area contributed by atoms with Crippen molar-refractivity contribution in [3.63, 3.8) is 0 Å². The highest BCUT2D eigenvalue weighted by atomic mass is 16.5. The van der Waals surface area contributed by atoms with Crippen LogP contribution in [0.2, 0.25) is 0 Å². The van der Waals surface area contributed by atoms with E-state index >= 15 is 0 Å². The lowest BCUT2D eigenvalue weighted by Crippen LogP contribution is -2.07. The van der Waals surface area contributed by atoms with Gasteiger partial charge in [0, 0.05) is 17.6 Å². The van der Waals surface area contributed by atoms with Gasteiger partial charge in [0.1, 0.15) is 11.6 Å². The monoisotopic (exact) mass is 332 g/mol. The Labute approximate surface area is 147 Å². The highest BCUT2D eigenvalue weighted by Gasteiger charge is 2.07. The number of methoxy groups -OCH3 is 1. The molecule has 0 atom stereocenters. The number of nitrogens with zero attached hydrogens (tertiary/aromatic N) is 2. The number of rotatable bonds is 7. The molecule has 0 bridgehead atoms. The Hall–Kier alpha value is -3.34. The molecule has 0 fully saturated rings. The van der Waals surface area contributed by atoms with E-state index in [9.17, 15) is 0 Å². The maximum absolute atomic E-state index is 5.17. The fourth-order valence-corrected chi connectivity index (χ4v) is 2.38. The van der Waals surface area contributed by atoms with Gasteiger partial charge in [0.2, 0.25) is 5.95 Å². The van der Waals surface area contributed by atoms with Gasteiger partial charge in [-0.3, -0.25) is 0 Å². The second-order valence-corrected chi connectivity index (χ2v) is 5.47. The van der Waals surface area contributed by atoms with Crippen molar-refractivity contribution >= 4 is 22.7 Å². The van der Waals surface area contributed by atoms with E-state index in [4.69, 9.17) is 4.74 Å². The molecule has 1 aromatic heterocycles. The number of hydrogen-bond donors (Lipinski definition) is 2. The van der Waals surface area contributed by atoms with Crippen molar-refractivity contribution in [2.24, 2.45) is 0 Å². The summed E-state index contributed by atoms with van der Waals surface area (Å²) >= 11 is 0. The summed E-state index contributed by atoms with van der Waals surface area (Å²) in [5, 5.41) is 7.36. The topological polar surface area (TPSA) is 59.1 Å². The number of allylic oxidation sites excluding steroid dienone is 1. The molecule has 0 saturated heterocycles. The lowest BCUT2D eigenvalue weighted by Gasteiger charge is -2.12. The molecular formula is C20H20N4O. The molecule has 0 amide bonds. The van der Waals surface area contributed by atoms with Crippen LogP contribution < -0.4 is 15.4 Å². The third-order valence-corrected chi connectivity index (χ3v) is 3.74. The summed E-state index contributed by atoms with van der Waals surface area (Å²) in [6.07, 6.45) is 1.65. The molecule has 5 heteroatoms. The molecule has 0 aliphatic rings. The van der Waals surface area contributed by atoms with E-state index in [2.05, 4.69) is 33.8 Å². The third-order valence-electron chi connectivity index (χ3n) is 3.74. The molecule has 25 heavy (non-hydrogen) atoms. The Morgan fingerprint density at radius 1 is 1.12 bits per heavy atom. The molecule has 2 aromatic carbocycles. The first-order valence-corrected chi connectivity index (χ1v) is 7.91. The molecule has 126 valence electrons. The Morgan fingerprint density at radius 2 is 1.88 bits per heavy atom. The molecule has 3 aromatic rings. The standard InChI is InChI=1S/C20H20N4O/c1-4-14(2)22-19-17-7-5-6-8-18(17)23-20(24-19)21-13-15-9-11-16(25-3)12-10-15/h4-12H,1-2,13H2,3H3,(H2,21,22,23,24). The largest absolute Gasteiger partial charge is 0.497 e. The molecular weight excluding hydrogens is 312 g/mol. The molecule has 0 spiro atoms. The van der Waals surface area contributed by atoms with Gasteiger partial charge in [-0.05, 0) is 35.9 Å². The molecule has 0 radical (unpaired) electrons. The van der Waals surface area contributed by atoms with Gasteiger partial charge in [-0.1, -0.05) is 37.4 Å². The summed E-state index contributed by atoms with van der Waals surface area (Å²) in [5.74, 6) is 2.08. The lowest BCUT2D eigenvalue weighted by molar-refractivity contribution is 0.414. The Balaban J connectivity index is 1.85. The first-order valence-electron chi connectivity index (χ1n) is 7.91. The first kappa shape index (κ1) is 16.5. The van der Waals surface area contributed by atoms with Crippen LogP contribution >= 0.6 is 0 Å². The molecule has 2 N–H and O–H groups in total. The van der Waals surface area contributed by atoms with Gasteiger partial charge in [-0.25, -0.2) is 4.98 Å². The summed E-state index contributed by atoms with van der Waals surface area (Å²) in [5.41, 5.74) is 2.65. The minimum absolute atomic E-state index is 0.550. The number of hydrogen-bond acceptors (Lipinski definition) is 5. The average molecular weight is 332 g/mol. The summed E-state index contributed by atoms with van der Waals surface area (Å²) in [7, 11) is 1.65. The zero-order chi connectivity index (χ0) is 17.6. The maximum Gasteiger partial charge on any atom is 0.225 e. The van der Waals surface area contributed by atoms with Crippen molar-refractivity contribution in [2.75, 3.05) is 17.7 Å². The van der Waals surface area contributed by atoms with Gasteiger partial charge in [-0.15, -0.1) is 0 Å². The quantitative estimate of drug-likeness (QED) is 0.630. The Morgan fingerprint density at radius 3 is 2.60 bits per heavy atom. The molecule has 0 aliphatic carbocycles. The lowest BCUT2D eigenvalue weighted by atomic mass is 10.2. The normalized spacial score (nSPS) is 10.3. The van der Waals surface area contributed by atoms with Gasteiger partial charge in [0.15, 0.2) is 0 Å². The average Bonchev–Trinajstić information content (AvgIpc) is 2.66. The fourth-order valence-electron chi connectivity index (χ4n) is 2.38. The van der Waals surface area contributed by atoms with Crippen molar-refractivity contribution in [3.8, 4) is 5.75 Å². The number of nitrogens with one attached hydrogen (secondary N) is 2. The second-order valence-electron chi connectivity index (χ2n) is 5.47. The van der Waals surface area contributed by atoms with Crippen LogP contribution in [0.3, 0.4) is 0 Å². The number of anilines is 2. The van der Waals surface area contributed by atoms with Crippen LogP contribution in [-0.4, -0.2) is 17.1 Å². The van der Waals surface area contributed by atoms with Crippen molar-refractivity contribution in [3.05, 3.63) is 79.0 Å². The van der Waals surface area contributed by atoms with E-state index in [1.54, 1.807) is 13.2 Å². The van der Waals surface area contributed by atoms with Crippen molar-refractivity contribution in [1.82, 2.24) is 9.97 Å². The molecule has 0 saturated carbocycles. The number of fused-ring (bicyclic) bond motifs is 1. The minimum Gasteiger partial charge on any atom is -0.497 e. The van der Waals surface area contributed by atoms with Crippen molar-refractivity contribution in [1.29, 1.82) is 0 Å². The van der Waals surface area contributed by atoms with Gasteiger partial charge < -0.3 is 15.4 Å². The molecule has 3 rings (SSSR count). The van der Waals surface area contributed by atoms with E-state index in [1.165, 1.54) is 0 Å². The summed E-state index contributed by atoms with van der Waals surface area (Å²) in [6.45, 7) is 8.23. The van der Waals surface area contributed by atoms with Gasteiger partial charge in [-0.2, -0.15) is 4.98 Å². The van der Waals surface area contributed by atoms with Crippen LogP contribution in [0.15, 0.2) is 73.5 Å². The Kier molecular flexibility index (Phi) is 4.95. The third kappa shape index (κ3) is 3.95. The molecule has 1 heterocycles. The van der Waals surface area contributed by atoms with E-state index in [-0.39, 0.29) is 0 Å². The van der Waals surface area contributed by atoms with Crippen LogP contribution in [0.5, 0.6) is 5.75 Å². The Bertz CT molecular complexity index is 903.